The van der Waals surface area contributed by atoms with Crippen molar-refractivity contribution in [2.24, 2.45) is 5.41 Å². The van der Waals surface area contributed by atoms with Gasteiger partial charge in [0.1, 0.15) is 0 Å². The highest BCUT2D eigenvalue weighted by Crippen LogP contribution is 2.41. The Kier molecular flexibility index (Phi) is 4.42. The van der Waals surface area contributed by atoms with Gasteiger partial charge in [-0.15, -0.1) is 0 Å². The summed E-state index contributed by atoms with van der Waals surface area (Å²) in [4.78, 5) is 0. The molecule has 0 aromatic carbocycles. The van der Waals surface area contributed by atoms with E-state index in [9.17, 15) is 4.57 Å². The van der Waals surface area contributed by atoms with Crippen LogP contribution in [-0.2, 0) is 13.6 Å². The third kappa shape index (κ3) is 4.88. The van der Waals surface area contributed by atoms with E-state index in [1.54, 1.807) is 0 Å². The van der Waals surface area contributed by atoms with Gasteiger partial charge in [-0.25, -0.2) is 9.65 Å². The Bertz CT molecular complexity index is 168. The van der Waals surface area contributed by atoms with Crippen molar-refractivity contribution >= 4 is 7.75 Å². The second-order valence-electron chi connectivity index (χ2n) is 3.76. The summed E-state index contributed by atoms with van der Waals surface area (Å²) in [7, 11) is -0.305. The van der Waals surface area contributed by atoms with Gasteiger partial charge in [0.2, 0.25) is 0 Å². The minimum absolute atomic E-state index is 0.0622. The van der Waals surface area contributed by atoms with Crippen LogP contribution in [0.4, 0.5) is 0 Å². The fourth-order valence-electron chi connectivity index (χ4n) is 0.538. The van der Waals surface area contributed by atoms with Gasteiger partial charge in [-0.1, -0.05) is 20.8 Å². The van der Waals surface area contributed by atoms with E-state index in [0.29, 0.717) is 6.54 Å². The quantitative estimate of drug-likeness (QED) is 0.697. The molecule has 0 aliphatic carbocycles. The van der Waals surface area contributed by atoms with Crippen molar-refractivity contribution in [2.75, 3.05) is 20.8 Å². The van der Waals surface area contributed by atoms with Gasteiger partial charge in [-0.2, -0.15) is 0 Å². The lowest BCUT2D eigenvalue weighted by molar-refractivity contribution is 0.255. The minimum Gasteiger partial charge on any atom is -0.300 e. The van der Waals surface area contributed by atoms with Crippen LogP contribution < -0.4 is 5.09 Å². The van der Waals surface area contributed by atoms with Gasteiger partial charge in [0.05, 0.1) is 0 Å². The molecule has 4 nitrogen and oxygen atoms in total. The van der Waals surface area contributed by atoms with Crippen molar-refractivity contribution < 1.29 is 13.6 Å². The van der Waals surface area contributed by atoms with Crippen LogP contribution in [0, 0.1) is 5.41 Å². The van der Waals surface area contributed by atoms with Gasteiger partial charge >= 0.3 is 7.75 Å². The molecule has 0 amide bonds. The van der Waals surface area contributed by atoms with Crippen molar-refractivity contribution in [2.45, 2.75) is 20.8 Å². The Hall–Kier alpha value is 0.110. The topological polar surface area (TPSA) is 47.6 Å². The Morgan fingerprint density at radius 3 is 1.92 bits per heavy atom. The summed E-state index contributed by atoms with van der Waals surface area (Å²) in [6, 6.07) is 0. The first kappa shape index (κ1) is 12.1. The molecule has 0 bridgehead atoms. The second-order valence-corrected chi connectivity index (χ2v) is 5.80. The third-order valence-corrected chi connectivity index (χ3v) is 2.79. The van der Waals surface area contributed by atoms with Crippen LogP contribution in [0.5, 0.6) is 0 Å². The van der Waals surface area contributed by atoms with Gasteiger partial charge in [0.25, 0.3) is 0 Å². The highest BCUT2D eigenvalue weighted by molar-refractivity contribution is 7.51. The van der Waals surface area contributed by atoms with E-state index < -0.39 is 7.75 Å². The minimum atomic E-state index is -3.03. The van der Waals surface area contributed by atoms with Gasteiger partial charge in [-0.3, -0.25) is 0 Å². The first-order chi connectivity index (χ1) is 5.33. The summed E-state index contributed by atoms with van der Waals surface area (Å²) in [5.41, 5.74) is 0.0622. The van der Waals surface area contributed by atoms with Crippen molar-refractivity contribution in [3.63, 3.8) is 0 Å². The van der Waals surface area contributed by atoms with Gasteiger partial charge in [-0.05, 0) is 5.41 Å². The maximum atomic E-state index is 11.4. The molecule has 0 atom stereocenters. The first-order valence-corrected chi connectivity index (χ1v) is 5.34. The molecule has 5 heteroatoms. The lowest BCUT2D eigenvalue weighted by atomic mass is 9.98. The number of hydrogen-bond acceptors (Lipinski definition) is 3. The Morgan fingerprint density at radius 1 is 1.25 bits per heavy atom. The molecule has 0 unspecified atom stereocenters. The molecule has 12 heavy (non-hydrogen) atoms. The first-order valence-electron chi connectivity index (χ1n) is 3.79. The number of nitrogens with one attached hydrogen (secondary N) is 1. The maximum absolute atomic E-state index is 11.4. The van der Waals surface area contributed by atoms with Gasteiger partial charge in [0.15, 0.2) is 0 Å². The molecule has 0 rings (SSSR count). The molecule has 0 spiro atoms. The van der Waals surface area contributed by atoms with Crippen LogP contribution >= 0.6 is 7.75 Å². The van der Waals surface area contributed by atoms with E-state index in [1.165, 1.54) is 14.2 Å². The molecule has 0 aliphatic heterocycles. The fourth-order valence-corrected chi connectivity index (χ4v) is 1.61. The van der Waals surface area contributed by atoms with Crippen LogP contribution in [0.3, 0.4) is 0 Å². The Balaban J connectivity index is 3.99. The van der Waals surface area contributed by atoms with Crippen molar-refractivity contribution in [3.05, 3.63) is 0 Å². The number of rotatable bonds is 4. The van der Waals surface area contributed by atoms with Gasteiger partial charge in [0, 0.05) is 20.8 Å². The normalized spacial score (nSPS) is 13.4. The highest BCUT2D eigenvalue weighted by Gasteiger charge is 2.23. The molecular weight excluding hydrogens is 177 g/mol. The predicted molar refractivity (Wildman–Crippen MR) is 49.1 cm³/mol. The molecule has 0 aliphatic rings. The smallest absolute Gasteiger partial charge is 0.300 e. The molecule has 0 saturated heterocycles. The number of hydrogen-bond donors (Lipinski definition) is 1. The maximum Gasteiger partial charge on any atom is 0.404 e. The average Bonchev–Trinajstić information content (AvgIpc) is 1.99. The SMILES string of the molecule is COP(=O)(NCC(C)(C)C)OC. The predicted octanol–water partition coefficient (Wildman–Crippen LogP) is 2.02. The summed E-state index contributed by atoms with van der Waals surface area (Å²) in [6.45, 7) is 6.70. The van der Waals surface area contributed by atoms with Crippen molar-refractivity contribution in [1.82, 2.24) is 5.09 Å². The van der Waals surface area contributed by atoms with Crippen LogP contribution in [0.1, 0.15) is 20.8 Å². The molecule has 1 N–H and O–H groups in total. The molecule has 0 aromatic heterocycles. The Morgan fingerprint density at radius 2 is 1.67 bits per heavy atom. The molecule has 0 aromatic rings. The van der Waals surface area contributed by atoms with E-state index >= 15 is 0 Å². The lowest BCUT2D eigenvalue weighted by Crippen LogP contribution is -2.25. The lowest BCUT2D eigenvalue weighted by Gasteiger charge is -2.22. The average molecular weight is 195 g/mol. The molecule has 74 valence electrons. The van der Waals surface area contributed by atoms with Crippen LogP contribution in [0.25, 0.3) is 0 Å². The molecule has 0 fully saturated rings. The summed E-state index contributed by atoms with van der Waals surface area (Å²) in [5.74, 6) is 0. The zero-order chi connectivity index (χ0) is 9.83. The molecule has 0 saturated carbocycles. The van der Waals surface area contributed by atoms with E-state index in [4.69, 9.17) is 9.05 Å². The van der Waals surface area contributed by atoms with E-state index in [-0.39, 0.29) is 5.41 Å². The summed E-state index contributed by atoms with van der Waals surface area (Å²) < 4.78 is 20.9. The van der Waals surface area contributed by atoms with Crippen molar-refractivity contribution in [3.8, 4) is 0 Å². The molecular formula is C7H18NO3P. The monoisotopic (exact) mass is 195 g/mol. The van der Waals surface area contributed by atoms with E-state index in [1.807, 2.05) is 20.8 Å². The second kappa shape index (κ2) is 4.38. The zero-order valence-electron chi connectivity index (χ0n) is 8.38. The van der Waals surface area contributed by atoms with Crippen LogP contribution in [0.15, 0.2) is 0 Å². The summed E-state index contributed by atoms with van der Waals surface area (Å²) in [6.07, 6.45) is 0. The van der Waals surface area contributed by atoms with E-state index in [0.717, 1.165) is 0 Å². The summed E-state index contributed by atoms with van der Waals surface area (Å²) >= 11 is 0. The van der Waals surface area contributed by atoms with Crippen LogP contribution in [0.2, 0.25) is 0 Å². The largest absolute Gasteiger partial charge is 0.404 e. The third-order valence-electron chi connectivity index (χ3n) is 1.28. The summed E-state index contributed by atoms with van der Waals surface area (Å²) in [5, 5.41) is 2.75. The zero-order valence-corrected chi connectivity index (χ0v) is 9.27. The Labute approximate surface area is 74.2 Å². The fraction of sp³-hybridized carbons (Fsp3) is 1.00. The molecule has 0 heterocycles. The standard InChI is InChI=1S/C7H18NO3P/c1-7(2,3)6-8-12(9,10-4)11-5/h6H2,1-5H3,(H,8,9). The van der Waals surface area contributed by atoms with Crippen molar-refractivity contribution in [1.29, 1.82) is 0 Å². The van der Waals surface area contributed by atoms with Crippen LogP contribution in [-0.4, -0.2) is 20.8 Å². The highest BCUT2D eigenvalue weighted by atomic mass is 31.2. The van der Waals surface area contributed by atoms with E-state index in [2.05, 4.69) is 5.09 Å². The molecule has 0 radical (unpaired) electrons. The van der Waals surface area contributed by atoms with Gasteiger partial charge < -0.3 is 9.05 Å².